The highest BCUT2D eigenvalue weighted by atomic mass is 19.4. The molecule has 0 bridgehead atoms. The zero-order chi connectivity index (χ0) is 21.5. The number of hydrogen-bond donors (Lipinski definition) is 0. The monoisotopic (exact) mass is 415 g/mol. The summed E-state index contributed by atoms with van der Waals surface area (Å²) in [6, 6.07) is 7.56. The van der Waals surface area contributed by atoms with Gasteiger partial charge in [-0.3, -0.25) is 9.78 Å². The van der Waals surface area contributed by atoms with Crippen molar-refractivity contribution >= 4 is 17.2 Å². The van der Waals surface area contributed by atoms with Crippen LogP contribution in [0.15, 0.2) is 66.0 Å². The number of aldehydes is 1. The van der Waals surface area contributed by atoms with Gasteiger partial charge in [0, 0.05) is 24.2 Å². The second-order valence-corrected chi connectivity index (χ2v) is 6.52. The van der Waals surface area contributed by atoms with E-state index in [1.165, 1.54) is 24.7 Å². The fourth-order valence-corrected chi connectivity index (χ4v) is 3.34. The average Bonchev–Trinajstić information content (AvgIpc) is 3.11. The van der Waals surface area contributed by atoms with Crippen LogP contribution in [0.3, 0.4) is 0 Å². The molecule has 30 heavy (non-hydrogen) atoms. The summed E-state index contributed by atoms with van der Waals surface area (Å²) < 4.78 is 56.2. The Labute approximate surface area is 166 Å². The van der Waals surface area contributed by atoms with Crippen LogP contribution in [0.5, 0.6) is 0 Å². The van der Waals surface area contributed by atoms with E-state index in [1.807, 2.05) is 0 Å². The molecule has 0 amide bonds. The zero-order valence-corrected chi connectivity index (χ0v) is 15.2. The molecule has 4 aromatic rings. The number of fused-ring (bicyclic) bond motifs is 1. The van der Waals surface area contributed by atoms with Crippen LogP contribution in [-0.2, 0) is 17.5 Å². The molecule has 4 rings (SSSR count). The average molecular weight is 415 g/mol. The van der Waals surface area contributed by atoms with E-state index in [0.717, 1.165) is 10.6 Å². The van der Waals surface area contributed by atoms with Gasteiger partial charge in [0.1, 0.15) is 12.1 Å². The van der Waals surface area contributed by atoms with E-state index in [-0.39, 0.29) is 23.1 Å². The molecule has 0 aliphatic rings. The fraction of sp³-hybridized carbons (Fsp3) is 0.0952. The third-order valence-corrected chi connectivity index (χ3v) is 4.71. The molecular weight excluding hydrogens is 402 g/mol. The van der Waals surface area contributed by atoms with Crippen molar-refractivity contribution in [3.05, 3.63) is 82.9 Å². The Morgan fingerprint density at radius 3 is 2.60 bits per heavy atom. The first-order valence-electron chi connectivity index (χ1n) is 8.77. The second-order valence-electron chi connectivity index (χ2n) is 6.52. The van der Waals surface area contributed by atoms with Crippen LogP contribution in [0.2, 0.25) is 0 Å². The van der Waals surface area contributed by atoms with Gasteiger partial charge < -0.3 is 13.9 Å². The summed E-state index contributed by atoms with van der Waals surface area (Å²) in [6.45, 7) is -0.205. The van der Waals surface area contributed by atoms with Gasteiger partial charge in [0.25, 0.3) is 5.56 Å². The third kappa shape index (κ3) is 3.28. The molecule has 0 aliphatic heterocycles. The molecule has 3 heterocycles. The first-order valence-corrected chi connectivity index (χ1v) is 8.77. The third-order valence-electron chi connectivity index (χ3n) is 4.71. The van der Waals surface area contributed by atoms with Gasteiger partial charge in [-0.1, -0.05) is 6.07 Å². The smallest absolute Gasteiger partial charge is 0.314 e. The van der Waals surface area contributed by atoms with Crippen LogP contribution in [0, 0.1) is 5.82 Å². The summed E-state index contributed by atoms with van der Waals surface area (Å²) in [5.74, 6) is -1.40. The van der Waals surface area contributed by atoms with Crippen molar-refractivity contribution in [2.45, 2.75) is 12.7 Å². The number of nitrogens with zero attached hydrogens (tertiary/aromatic N) is 3. The summed E-state index contributed by atoms with van der Waals surface area (Å²) >= 11 is 0. The molecule has 0 unspecified atom stereocenters. The van der Waals surface area contributed by atoms with Crippen LogP contribution in [0.1, 0.15) is 5.56 Å². The number of pyridine rings is 2. The van der Waals surface area contributed by atoms with Crippen LogP contribution >= 0.6 is 0 Å². The standard InChI is InChI=1S/C21H13F4N3O2/c22-17-4-3-13(10-16(17)21(23,24)25)15-12-28(14-2-1-6-26-11-14)18-5-7-27(8-9-29)20(30)19(15)18/h1-7,9-12H,8H2. The lowest BCUT2D eigenvalue weighted by Gasteiger charge is -2.10. The number of carbonyl (C=O) groups excluding carboxylic acids is 1. The largest absolute Gasteiger partial charge is 0.419 e. The Morgan fingerprint density at radius 2 is 1.93 bits per heavy atom. The maximum absolute atomic E-state index is 13.8. The van der Waals surface area contributed by atoms with E-state index in [9.17, 15) is 27.2 Å². The van der Waals surface area contributed by atoms with Crippen molar-refractivity contribution in [3.8, 4) is 16.8 Å². The number of benzene rings is 1. The van der Waals surface area contributed by atoms with Crippen molar-refractivity contribution in [2.75, 3.05) is 0 Å². The van der Waals surface area contributed by atoms with Gasteiger partial charge in [-0.25, -0.2) is 4.39 Å². The van der Waals surface area contributed by atoms with E-state index < -0.39 is 23.1 Å². The molecule has 0 saturated carbocycles. The molecule has 152 valence electrons. The summed E-state index contributed by atoms with van der Waals surface area (Å²) in [5.41, 5.74) is -0.758. The number of rotatable bonds is 4. The topological polar surface area (TPSA) is 56.9 Å². The molecule has 0 atom stereocenters. The van der Waals surface area contributed by atoms with Crippen LogP contribution in [0.25, 0.3) is 27.7 Å². The lowest BCUT2D eigenvalue weighted by molar-refractivity contribution is -0.139. The van der Waals surface area contributed by atoms with Gasteiger partial charge >= 0.3 is 6.18 Å². The van der Waals surface area contributed by atoms with Crippen molar-refractivity contribution in [2.24, 2.45) is 0 Å². The van der Waals surface area contributed by atoms with Gasteiger partial charge in [-0.2, -0.15) is 13.2 Å². The molecule has 5 nitrogen and oxygen atoms in total. The summed E-state index contributed by atoms with van der Waals surface area (Å²) in [5, 5.41) is 0.114. The minimum atomic E-state index is -4.89. The quantitative estimate of drug-likeness (QED) is 0.371. The summed E-state index contributed by atoms with van der Waals surface area (Å²) in [7, 11) is 0. The molecular formula is C21H13F4N3O2. The Kier molecular flexibility index (Phi) is 4.73. The van der Waals surface area contributed by atoms with E-state index in [2.05, 4.69) is 4.98 Å². The second kappa shape index (κ2) is 7.25. The van der Waals surface area contributed by atoms with Crippen molar-refractivity contribution in [1.29, 1.82) is 0 Å². The molecule has 9 heteroatoms. The van der Waals surface area contributed by atoms with Crippen molar-refractivity contribution < 1.29 is 22.4 Å². The van der Waals surface area contributed by atoms with Gasteiger partial charge in [-0.15, -0.1) is 0 Å². The Balaban J connectivity index is 2.06. The molecule has 0 spiro atoms. The summed E-state index contributed by atoms with van der Waals surface area (Å²) in [4.78, 5) is 27.9. The van der Waals surface area contributed by atoms with Gasteiger partial charge in [-0.05, 0) is 35.9 Å². The maximum atomic E-state index is 13.8. The number of aromatic nitrogens is 3. The van der Waals surface area contributed by atoms with Crippen LogP contribution in [0.4, 0.5) is 17.6 Å². The van der Waals surface area contributed by atoms with Gasteiger partial charge in [0.15, 0.2) is 0 Å². The van der Waals surface area contributed by atoms with E-state index in [4.69, 9.17) is 0 Å². The molecule has 0 saturated heterocycles. The molecule has 0 N–H and O–H groups in total. The number of carbonyl (C=O) groups is 1. The predicted octanol–water partition coefficient (Wildman–Crippen LogP) is 4.21. The Hall–Kier alpha value is -3.75. The first kappa shape index (κ1) is 19.6. The van der Waals surface area contributed by atoms with Crippen molar-refractivity contribution in [3.63, 3.8) is 0 Å². The number of halogens is 4. The fourth-order valence-electron chi connectivity index (χ4n) is 3.34. The molecule has 0 aliphatic carbocycles. The highest BCUT2D eigenvalue weighted by molar-refractivity contribution is 5.96. The predicted molar refractivity (Wildman–Crippen MR) is 102 cm³/mol. The molecule has 0 radical (unpaired) electrons. The first-order chi connectivity index (χ1) is 14.3. The highest BCUT2D eigenvalue weighted by Gasteiger charge is 2.34. The van der Waals surface area contributed by atoms with E-state index in [1.54, 1.807) is 29.0 Å². The Bertz CT molecular complexity index is 1310. The lowest BCUT2D eigenvalue weighted by Crippen LogP contribution is -2.20. The van der Waals surface area contributed by atoms with Crippen LogP contribution in [-0.4, -0.2) is 20.4 Å². The molecule has 3 aromatic heterocycles. The number of alkyl halides is 3. The normalized spacial score (nSPS) is 11.7. The number of hydrogen-bond acceptors (Lipinski definition) is 3. The lowest BCUT2D eigenvalue weighted by atomic mass is 10.0. The van der Waals surface area contributed by atoms with Crippen molar-refractivity contribution in [1.82, 2.24) is 14.1 Å². The minimum Gasteiger partial charge on any atom is -0.314 e. The van der Waals surface area contributed by atoms with Gasteiger partial charge in [0.05, 0.1) is 34.9 Å². The SMILES string of the molecule is O=CCn1ccc2c(c(-c3ccc(F)c(C(F)(F)F)c3)cn2-c2cccnc2)c1=O. The van der Waals surface area contributed by atoms with Gasteiger partial charge in [0.2, 0.25) is 0 Å². The minimum absolute atomic E-state index is 0.0253. The maximum Gasteiger partial charge on any atom is 0.419 e. The highest BCUT2D eigenvalue weighted by Crippen LogP contribution is 2.36. The zero-order valence-electron chi connectivity index (χ0n) is 15.2. The molecule has 1 aromatic carbocycles. The Morgan fingerprint density at radius 1 is 1.13 bits per heavy atom. The van der Waals surface area contributed by atoms with E-state index >= 15 is 0 Å². The summed E-state index contributed by atoms with van der Waals surface area (Å²) in [6.07, 6.45) is 1.68. The van der Waals surface area contributed by atoms with E-state index in [0.29, 0.717) is 23.6 Å². The van der Waals surface area contributed by atoms with Crippen LogP contribution < -0.4 is 5.56 Å². The molecule has 0 fully saturated rings.